The lowest BCUT2D eigenvalue weighted by atomic mass is 10.1. The summed E-state index contributed by atoms with van der Waals surface area (Å²) in [5.41, 5.74) is 0.610. The number of alkyl halides is 1. The molecule has 2 aliphatic rings. The summed E-state index contributed by atoms with van der Waals surface area (Å²) in [5, 5.41) is 9.16. The molecule has 3 nitrogen and oxygen atoms in total. The first-order valence-electron chi connectivity index (χ1n) is 4.20. The van der Waals surface area contributed by atoms with Crippen molar-refractivity contribution >= 4 is 29.2 Å². The van der Waals surface area contributed by atoms with E-state index in [4.69, 9.17) is 27.9 Å². The first kappa shape index (κ1) is 10.0. The lowest BCUT2D eigenvalue weighted by Crippen LogP contribution is -2.24. The number of hydrogen-bond acceptors (Lipinski definition) is 3. The van der Waals surface area contributed by atoms with Gasteiger partial charge in [0.05, 0.1) is 11.5 Å². The van der Waals surface area contributed by atoms with Crippen LogP contribution in [0.2, 0.25) is 0 Å². The highest BCUT2D eigenvalue weighted by molar-refractivity contribution is 6.42. The second-order valence-corrected chi connectivity index (χ2v) is 4.15. The Balaban J connectivity index is 2.34. The quantitative estimate of drug-likeness (QED) is 0.509. The molecule has 76 valence electrons. The van der Waals surface area contributed by atoms with Crippen LogP contribution in [-0.4, -0.2) is 28.7 Å². The normalized spacial score (nSPS) is 36.8. The number of aliphatic hydroxyl groups excluding tert-OH is 1. The van der Waals surface area contributed by atoms with Gasteiger partial charge in [0, 0.05) is 12.0 Å². The van der Waals surface area contributed by atoms with Crippen LogP contribution >= 0.6 is 23.2 Å². The van der Waals surface area contributed by atoms with Crippen molar-refractivity contribution in [3.63, 3.8) is 0 Å². The van der Waals surface area contributed by atoms with E-state index in [2.05, 4.69) is 0 Å². The molecular formula is C9H8Cl2O3. The molecule has 0 fully saturated rings. The van der Waals surface area contributed by atoms with Crippen molar-refractivity contribution in [1.82, 2.24) is 0 Å². The SMILES string of the molecule is O=C1O[C@@H]2C[C@@H](O)[C@H](Cl)C=CC2=C1Cl. The van der Waals surface area contributed by atoms with Gasteiger partial charge in [-0.2, -0.15) is 0 Å². The molecule has 0 unspecified atom stereocenters. The lowest BCUT2D eigenvalue weighted by Gasteiger charge is -2.15. The van der Waals surface area contributed by atoms with Crippen LogP contribution in [0.5, 0.6) is 0 Å². The summed E-state index contributed by atoms with van der Waals surface area (Å²) in [7, 11) is 0. The molecule has 0 aromatic heterocycles. The van der Waals surface area contributed by atoms with E-state index in [0.29, 0.717) is 12.0 Å². The van der Waals surface area contributed by atoms with Gasteiger partial charge in [0.2, 0.25) is 0 Å². The number of ether oxygens (including phenoxy) is 1. The first-order valence-corrected chi connectivity index (χ1v) is 5.02. The van der Waals surface area contributed by atoms with Gasteiger partial charge in [0.1, 0.15) is 11.1 Å². The molecule has 5 heteroatoms. The zero-order chi connectivity index (χ0) is 10.3. The fourth-order valence-electron chi connectivity index (χ4n) is 1.53. The molecule has 1 N–H and O–H groups in total. The second-order valence-electron chi connectivity index (χ2n) is 3.27. The Bertz CT molecular complexity index is 335. The van der Waals surface area contributed by atoms with Crippen LogP contribution in [0.15, 0.2) is 22.8 Å². The van der Waals surface area contributed by atoms with Gasteiger partial charge in [-0.3, -0.25) is 0 Å². The van der Waals surface area contributed by atoms with E-state index in [1.807, 2.05) is 0 Å². The Morgan fingerprint density at radius 1 is 1.57 bits per heavy atom. The molecule has 0 saturated heterocycles. The van der Waals surface area contributed by atoms with E-state index in [1.165, 1.54) is 0 Å². The smallest absolute Gasteiger partial charge is 0.350 e. The van der Waals surface area contributed by atoms with Gasteiger partial charge in [-0.05, 0) is 0 Å². The predicted octanol–water partition coefficient (Wildman–Crippen LogP) is 1.33. The zero-order valence-corrected chi connectivity index (χ0v) is 8.63. The van der Waals surface area contributed by atoms with Crippen LogP contribution in [-0.2, 0) is 9.53 Å². The van der Waals surface area contributed by atoms with E-state index >= 15 is 0 Å². The van der Waals surface area contributed by atoms with Crippen LogP contribution in [0.25, 0.3) is 0 Å². The third-order valence-electron chi connectivity index (χ3n) is 2.31. The van der Waals surface area contributed by atoms with E-state index in [9.17, 15) is 9.90 Å². The number of halogens is 2. The summed E-state index contributed by atoms with van der Waals surface area (Å²) >= 11 is 11.6. The van der Waals surface area contributed by atoms with Crippen molar-refractivity contribution in [2.24, 2.45) is 0 Å². The van der Waals surface area contributed by atoms with Gasteiger partial charge in [-0.15, -0.1) is 11.6 Å². The maximum atomic E-state index is 11.1. The van der Waals surface area contributed by atoms with E-state index < -0.39 is 23.6 Å². The summed E-state index contributed by atoms with van der Waals surface area (Å²) in [5.74, 6) is -0.531. The minimum atomic E-state index is -0.717. The zero-order valence-electron chi connectivity index (χ0n) is 7.11. The number of rotatable bonds is 0. The highest BCUT2D eigenvalue weighted by atomic mass is 35.5. The second kappa shape index (κ2) is 3.57. The van der Waals surface area contributed by atoms with Gasteiger partial charge in [-0.25, -0.2) is 4.79 Å². The largest absolute Gasteiger partial charge is 0.453 e. The summed E-state index contributed by atoms with van der Waals surface area (Å²) in [6.45, 7) is 0. The molecule has 0 saturated carbocycles. The van der Waals surface area contributed by atoms with Crippen molar-refractivity contribution in [1.29, 1.82) is 0 Å². The molecule has 0 aromatic rings. The van der Waals surface area contributed by atoms with Crippen molar-refractivity contribution in [3.8, 4) is 0 Å². The lowest BCUT2D eigenvalue weighted by molar-refractivity contribution is -0.139. The molecule has 0 amide bonds. The van der Waals surface area contributed by atoms with Gasteiger partial charge in [-0.1, -0.05) is 23.8 Å². The molecule has 0 bridgehead atoms. The van der Waals surface area contributed by atoms with Crippen molar-refractivity contribution in [3.05, 3.63) is 22.8 Å². The summed E-state index contributed by atoms with van der Waals surface area (Å²) in [6.07, 6.45) is 2.38. The van der Waals surface area contributed by atoms with Crippen LogP contribution in [0.1, 0.15) is 6.42 Å². The Hall–Kier alpha value is -0.510. The number of aliphatic hydroxyl groups is 1. The number of carbonyl (C=O) groups is 1. The Morgan fingerprint density at radius 2 is 2.29 bits per heavy atom. The molecular weight excluding hydrogens is 227 g/mol. The number of esters is 1. The predicted molar refractivity (Wildman–Crippen MR) is 52.2 cm³/mol. The topological polar surface area (TPSA) is 46.5 Å². The summed E-state index contributed by atoms with van der Waals surface area (Å²) < 4.78 is 4.96. The maximum Gasteiger partial charge on any atom is 0.350 e. The van der Waals surface area contributed by atoms with Gasteiger partial charge >= 0.3 is 5.97 Å². The molecule has 0 radical (unpaired) electrons. The molecule has 14 heavy (non-hydrogen) atoms. The monoisotopic (exact) mass is 234 g/mol. The molecule has 2 rings (SSSR count). The van der Waals surface area contributed by atoms with Crippen LogP contribution in [0.4, 0.5) is 0 Å². The van der Waals surface area contributed by atoms with E-state index in [0.717, 1.165) is 0 Å². The van der Waals surface area contributed by atoms with Gasteiger partial charge in [0.15, 0.2) is 0 Å². The minimum absolute atomic E-state index is 0.0872. The Kier molecular flexibility index (Phi) is 2.56. The maximum absolute atomic E-state index is 11.1. The van der Waals surface area contributed by atoms with Crippen molar-refractivity contribution in [2.75, 3.05) is 0 Å². The fraction of sp³-hybridized carbons (Fsp3) is 0.444. The Morgan fingerprint density at radius 3 is 3.00 bits per heavy atom. The van der Waals surface area contributed by atoms with Crippen LogP contribution < -0.4 is 0 Å². The molecule has 1 aliphatic heterocycles. The molecule has 0 aromatic carbocycles. The van der Waals surface area contributed by atoms with Crippen molar-refractivity contribution < 1.29 is 14.6 Å². The molecule has 1 heterocycles. The van der Waals surface area contributed by atoms with Crippen LogP contribution in [0, 0.1) is 0 Å². The van der Waals surface area contributed by atoms with Crippen LogP contribution in [0.3, 0.4) is 0 Å². The fourth-order valence-corrected chi connectivity index (χ4v) is 1.94. The van der Waals surface area contributed by atoms with E-state index in [1.54, 1.807) is 12.2 Å². The van der Waals surface area contributed by atoms with E-state index in [-0.39, 0.29) is 5.03 Å². The van der Waals surface area contributed by atoms with Crippen molar-refractivity contribution in [2.45, 2.75) is 24.0 Å². The third kappa shape index (κ3) is 1.56. The highest BCUT2D eigenvalue weighted by Crippen LogP contribution is 2.32. The average Bonchev–Trinajstić information content (AvgIpc) is 2.30. The van der Waals surface area contributed by atoms with Gasteiger partial charge < -0.3 is 9.84 Å². The summed E-state index contributed by atoms with van der Waals surface area (Å²) in [6, 6.07) is 0. The molecule has 1 aliphatic carbocycles. The number of carbonyl (C=O) groups excluding carboxylic acids is 1. The first-order chi connectivity index (χ1) is 6.59. The highest BCUT2D eigenvalue weighted by Gasteiger charge is 2.36. The van der Waals surface area contributed by atoms with Gasteiger partial charge in [0.25, 0.3) is 0 Å². The standard InChI is InChI=1S/C9H8Cl2O3/c10-5-2-1-4-7(3-6(5)12)14-9(13)8(4)11/h1-2,5-7,12H,3H2/t5-,6-,7-/m1/s1. The molecule has 0 spiro atoms. The third-order valence-corrected chi connectivity index (χ3v) is 3.12. The average molecular weight is 235 g/mol. The minimum Gasteiger partial charge on any atom is -0.453 e. The number of fused-ring (bicyclic) bond motifs is 1. The molecule has 3 atom stereocenters. The summed E-state index contributed by atoms with van der Waals surface area (Å²) in [4.78, 5) is 11.1. The number of hydrogen-bond donors (Lipinski definition) is 1. The Labute approximate surface area is 90.9 Å².